The lowest BCUT2D eigenvalue weighted by Crippen LogP contribution is -2.27. The maximum Gasteiger partial charge on any atom is 0.246 e. The minimum atomic E-state index is -0.0560. The van der Waals surface area contributed by atoms with Crippen LogP contribution < -0.4 is 16.2 Å². The van der Waals surface area contributed by atoms with Crippen molar-refractivity contribution in [2.75, 3.05) is 44.8 Å². The van der Waals surface area contributed by atoms with E-state index in [1.165, 1.54) is 40.5 Å². The summed E-state index contributed by atoms with van der Waals surface area (Å²) in [6.45, 7) is 12.0. The van der Waals surface area contributed by atoms with E-state index < -0.39 is 0 Å². The smallest absolute Gasteiger partial charge is 0.246 e. The predicted octanol–water partition coefficient (Wildman–Crippen LogP) is 8.68. The van der Waals surface area contributed by atoms with Crippen LogP contribution in [0.4, 0.5) is 11.6 Å². The molecule has 6 aromatic heterocycles. The SMILES string of the molecule is C=CC(=O)N1CCC(n2cc(-c3cc4c(Cl)ccc(OC)c4s3)c3c(N)ncnc32)C1.C=CC(=O)N1CCC(n2cc(-c3cc4cccc(C)c4s3)c3c(N)ncnc32)C1. The molecule has 2 amide bonds. The van der Waals surface area contributed by atoms with E-state index in [1.807, 2.05) is 17.0 Å². The van der Waals surface area contributed by atoms with Crippen molar-refractivity contribution in [3.63, 3.8) is 0 Å². The highest BCUT2D eigenvalue weighted by atomic mass is 35.5. The first-order valence-electron chi connectivity index (χ1n) is 19.4. The van der Waals surface area contributed by atoms with E-state index in [-0.39, 0.29) is 23.9 Å². The van der Waals surface area contributed by atoms with Crippen molar-refractivity contribution in [3.05, 3.63) is 103 Å². The number of carbonyl (C=O) groups excluding carboxylic acids is 2. The average molecular weight is 857 g/mol. The molecule has 13 nitrogen and oxygen atoms in total. The monoisotopic (exact) mass is 856 g/mol. The fourth-order valence-electron chi connectivity index (χ4n) is 8.44. The molecule has 2 atom stereocenters. The molecule has 2 aliphatic rings. The van der Waals surface area contributed by atoms with Crippen molar-refractivity contribution in [2.24, 2.45) is 0 Å². The Kier molecular flexibility index (Phi) is 10.3. The lowest BCUT2D eigenvalue weighted by Gasteiger charge is -2.15. The largest absolute Gasteiger partial charge is 0.495 e. The van der Waals surface area contributed by atoms with Crippen molar-refractivity contribution in [1.82, 2.24) is 38.9 Å². The van der Waals surface area contributed by atoms with Crippen molar-refractivity contribution in [3.8, 4) is 26.6 Å². The minimum absolute atomic E-state index is 0.0293. The zero-order valence-corrected chi connectivity index (χ0v) is 35.4. The summed E-state index contributed by atoms with van der Waals surface area (Å²) >= 11 is 9.81. The van der Waals surface area contributed by atoms with Crippen LogP contribution in [0.5, 0.6) is 5.75 Å². The number of amides is 2. The van der Waals surface area contributed by atoms with Crippen molar-refractivity contribution in [2.45, 2.75) is 31.8 Å². The number of ether oxygens (including phenoxy) is 1. The first kappa shape index (κ1) is 39.2. The molecule has 0 saturated carbocycles. The third-order valence-electron chi connectivity index (χ3n) is 11.4. The van der Waals surface area contributed by atoms with E-state index >= 15 is 0 Å². The summed E-state index contributed by atoms with van der Waals surface area (Å²) in [5.41, 5.74) is 17.4. The van der Waals surface area contributed by atoms with Crippen LogP contribution in [0, 0.1) is 6.92 Å². The van der Waals surface area contributed by atoms with Gasteiger partial charge in [-0.1, -0.05) is 43.0 Å². The van der Waals surface area contributed by atoms with E-state index in [1.54, 1.807) is 34.7 Å². The Labute approximate surface area is 358 Å². The Morgan fingerprint density at radius 3 is 1.88 bits per heavy atom. The van der Waals surface area contributed by atoms with Gasteiger partial charge in [0.1, 0.15) is 41.3 Å². The van der Waals surface area contributed by atoms with Gasteiger partial charge in [-0.05, 0) is 67.1 Å². The Morgan fingerprint density at radius 2 is 1.35 bits per heavy atom. The molecular formula is C44H41ClN10O3S2. The van der Waals surface area contributed by atoms with Crippen molar-refractivity contribution in [1.29, 1.82) is 0 Å². The third kappa shape index (κ3) is 6.72. The number of carbonyl (C=O) groups is 2. The number of anilines is 2. The molecule has 2 aromatic carbocycles. The van der Waals surface area contributed by atoms with E-state index in [9.17, 15) is 9.59 Å². The molecule has 16 heteroatoms. The molecule has 2 saturated heterocycles. The number of nitrogens with zero attached hydrogens (tertiary/aromatic N) is 8. The van der Waals surface area contributed by atoms with Gasteiger partial charge in [-0.15, -0.1) is 22.7 Å². The van der Waals surface area contributed by atoms with Crippen LogP contribution in [0.1, 0.15) is 30.5 Å². The first-order valence-corrected chi connectivity index (χ1v) is 21.4. The lowest BCUT2D eigenvalue weighted by atomic mass is 10.1. The van der Waals surface area contributed by atoms with Crippen LogP contribution >= 0.6 is 34.3 Å². The van der Waals surface area contributed by atoms with Gasteiger partial charge in [-0.25, -0.2) is 19.9 Å². The molecule has 4 N–H and O–H groups in total. The number of aryl methyl sites for hydroxylation is 1. The van der Waals surface area contributed by atoms with Gasteiger partial charge in [0.15, 0.2) is 0 Å². The van der Waals surface area contributed by atoms with Crippen LogP contribution in [-0.4, -0.2) is 84.0 Å². The molecule has 304 valence electrons. The molecule has 60 heavy (non-hydrogen) atoms. The molecule has 2 fully saturated rings. The second-order valence-corrected chi connectivity index (χ2v) is 17.4. The number of halogens is 1. The Balaban J connectivity index is 0.000000154. The lowest BCUT2D eigenvalue weighted by molar-refractivity contribution is -0.125. The number of hydrogen-bond acceptors (Lipinski definition) is 11. The summed E-state index contributed by atoms with van der Waals surface area (Å²) < 4.78 is 12.1. The molecule has 2 aliphatic heterocycles. The summed E-state index contributed by atoms with van der Waals surface area (Å²) in [4.78, 5) is 47.4. The van der Waals surface area contributed by atoms with Crippen molar-refractivity contribution < 1.29 is 14.3 Å². The van der Waals surface area contributed by atoms with E-state index in [4.69, 9.17) is 27.8 Å². The Hall–Kier alpha value is -6.29. The summed E-state index contributed by atoms with van der Waals surface area (Å²) in [5, 5.41) is 4.51. The number of likely N-dealkylation sites (tertiary alicyclic amines) is 2. The highest BCUT2D eigenvalue weighted by molar-refractivity contribution is 7.23. The van der Waals surface area contributed by atoms with E-state index in [0.29, 0.717) is 42.8 Å². The highest BCUT2D eigenvalue weighted by Gasteiger charge is 2.31. The molecule has 8 heterocycles. The molecule has 0 radical (unpaired) electrons. The standard InChI is InChI=1S/C22H20ClN5O2S.C22H21N5OS/c1-3-18(29)27-7-6-12(9-27)28-10-14(19-21(24)25-11-26-22(19)28)17-8-13-15(23)4-5-16(30-2)20(13)31-17;1-3-18(28)26-8-7-15(10-26)27-11-16(19-21(23)24-12-25-22(19)27)17-9-14-6-4-5-13(2)20(14)29-17/h3-5,8,10-12H,1,6-7,9H2,2H3,(H2,24,25,26);3-6,9,11-12,15H,1,7-8,10H2,2H3,(H2,23,24,25). The zero-order chi connectivity index (χ0) is 41.8. The van der Waals surface area contributed by atoms with Crippen LogP contribution in [0.25, 0.3) is 63.1 Å². The number of nitrogens with two attached hydrogens (primary N) is 2. The van der Waals surface area contributed by atoms with Crippen LogP contribution in [0.2, 0.25) is 5.02 Å². The number of aromatic nitrogens is 6. The summed E-state index contributed by atoms with van der Waals surface area (Å²) in [5.74, 6) is 1.59. The summed E-state index contributed by atoms with van der Waals surface area (Å²) in [6, 6.07) is 14.6. The molecular weight excluding hydrogens is 816 g/mol. The normalized spacial score (nSPS) is 16.5. The number of rotatable bonds is 7. The van der Waals surface area contributed by atoms with Gasteiger partial charge in [0.05, 0.1) is 34.7 Å². The number of benzene rings is 2. The van der Waals surface area contributed by atoms with Crippen LogP contribution in [0.15, 0.2) is 92.8 Å². The van der Waals surface area contributed by atoms with Gasteiger partial charge < -0.3 is 35.1 Å². The maximum atomic E-state index is 12.1. The molecule has 8 aromatic rings. The summed E-state index contributed by atoms with van der Waals surface area (Å²) in [7, 11) is 1.65. The molecule has 2 unspecified atom stereocenters. The molecule has 0 spiro atoms. The molecule has 0 aliphatic carbocycles. The maximum absolute atomic E-state index is 12.1. The number of thiophene rings is 2. The molecule has 10 rings (SSSR count). The van der Waals surface area contributed by atoms with Gasteiger partial charge in [0, 0.05) is 74.6 Å². The zero-order valence-electron chi connectivity index (χ0n) is 33.0. The van der Waals surface area contributed by atoms with Gasteiger partial charge in [-0.3, -0.25) is 9.59 Å². The number of methoxy groups -OCH3 is 1. The second kappa shape index (κ2) is 15.7. The fraction of sp³-hybridized carbons (Fsp3) is 0.227. The number of hydrogen-bond donors (Lipinski definition) is 2. The first-order chi connectivity index (χ1) is 29.1. The van der Waals surface area contributed by atoms with Crippen LogP contribution in [-0.2, 0) is 9.59 Å². The Bertz CT molecular complexity index is 3020. The minimum Gasteiger partial charge on any atom is -0.495 e. The highest BCUT2D eigenvalue weighted by Crippen LogP contribution is 2.46. The molecule has 0 bridgehead atoms. The van der Waals surface area contributed by atoms with Gasteiger partial charge in [-0.2, -0.15) is 0 Å². The number of fused-ring (bicyclic) bond motifs is 4. The van der Waals surface area contributed by atoms with Gasteiger partial charge >= 0.3 is 0 Å². The summed E-state index contributed by atoms with van der Waals surface area (Å²) in [6.07, 6.45) is 11.6. The second-order valence-electron chi connectivity index (χ2n) is 14.9. The quantitative estimate of drug-likeness (QED) is 0.149. The average Bonchev–Trinajstić information content (AvgIpc) is 4.11. The van der Waals surface area contributed by atoms with Gasteiger partial charge in [0.2, 0.25) is 11.8 Å². The van der Waals surface area contributed by atoms with E-state index in [0.717, 1.165) is 71.6 Å². The topological polar surface area (TPSA) is 163 Å². The van der Waals surface area contributed by atoms with Gasteiger partial charge in [0.25, 0.3) is 0 Å². The van der Waals surface area contributed by atoms with Crippen molar-refractivity contribution >= 4 is 100.0 Å². The predicted molar refractivity (Wildman–Crippen MR) is 243 cm³/mol. The Morgan fingerprint density at radius 1 is 0.800 bits per heavy atom. The fourth-order valence-corrected chi connectivity index (χ4v) is 11.0. The number of nitrogen functional groups attached to an aromatic ring is 2. The van der Waals surface area contributed by atoms with Crippen LogP contribution in [0.3, 0.4) is 0 Å². The van der Waals surface area contributed by atoms with E-state index in [2.05, 4.69) is 91.9 Å². The third-order valence-corrected chi connectivity index (χ3v) is 14.3.